The zero-order valence-electron chi connectivity index (χ0n) is 6.22. The molecule has 0 rings (SSSR count). The second-order valence-electron chi connectivity index (χ2n) is 2.60. The van der Waals surface area contributed by atoms with Crippen molar-refractivity contribution >= 4 is 5.97 Å². The van der Waals surface area contributed by atoms with Gasteiger partial charge in [0.1, 0.15) is 0 Å². The van der Waals surface area contributed by atoms with E-state index in [2.05, 4.69) is 0 Å². The lowest BCUT2D eigenvalue weighted by atomic mass is 9.94. The molecule has 0 aromatic heterocycles. The van der Waals surface area contributed by atoms with Crippen LogP contribution in [0.2, 0.25) is 0 Å². The average Bonchev–Trinajstić information content (AvgIpc) is 1.64. The highest BCUT2D eigenvalue weighted by Gasteiger charge is 2.17. The van der Waals surface area contributed by atoms with E-state index in [9.17, 15) is 4.79 Å². The maximum Gasteiger partial charge on any atom is 0.306 e. The zero-order valence-corrected chi connectivity index (χ0v) is 6.22. The van der Waals surface area contributed by atoms with E-state index in [1.807, 2.05) is 20.8 Å². The van der Waals surface area contributed by atoms with E-state index in [0.29, 0.717) is 0 Å². The van der Waals surface area contributed by atoms with Gasteiger partial charge in [-0.25, -0.2) is 0 Å². The summed E-state index contributed by atoms with van der Waals surface area (Å²) in [6.07, 6.45) is 0.729. The summed E-state index contributed by atoms with van der Waals surface area (Å²) in [7, 11) is 0. The third-order valence-corrected chi connectivity index (χ3v) is 1.56. The fourth-order valence-electron chi connectivity index (χ4n) is 0.931. The summed E-state index contributed by atoms with van der Waals surface area (Å²) in [4.78, 5) is 10.4. The highest BCUT2D eigenvalue weighted by Crippen LogP contribution is 2.13. The van der Waals surface area contributed by atoms with Gasteiger partial charge >= 0.3 is 5.97 Å². The second kappa shape index (κ2) is 3.49. The fraction of sp³-hybridized carbons (Fsp3) is 0.857. The lowest BCUT2D eigenvalue weighted by Crippen LogP contribution is -2.18. The van der Waals surface area contributed by atoms with Gasteiger partial charge in [0.2, 0.25) is 0 Å². The molecule has 0 aliphatic heterocycles. The van der Waals surface area contributed by atoms with E-state index < -0.39 is 5.97 Å². The van der Waals surface area contributed by atoms with Crippen LogP contribution in [0.5, 0.6) is 0 Å². The molecular formula is C7H14O2. The van der Waals surface area contributed by atoms with E-state index in [1.54, 1.807) is 0 Å². The Morgan fingerprint density at radius 1 is 1.56 bits per heavy atom. The Balaban J connectivity index is 3.83. The molecule has 0 unspecified atom stereocenters. The standard InChI is InChI=1S/C7H14O2/c1-4-6(5(2)3)7(8)9/h5-6H,4H2,1-3H3,(H,8,9)/t6-/m1/s1. The van der Waals surface area contributed by atoms with Crippen molar-refractivity contribution in [3.8, 4) is 0 Å². The first-order valence-corrected chi connectivity index (χ1v) is 3.32. The Bertz CT molecular complexity index is 97.1. The smallest absolute Gasteiger partial charge is 0.306 e. The minimum atomic E-state index is -0.674. The SMILES string of the molecule is CC[C@@H](C(=O)O)C(C)C. The molecule has 54 valence electrons. The van der Waals surface area contributed by atoms with Crippen molar-refractivity contribution in [2.75, 3.05) is 0 Å². The Labute approximate surface area is 55.9 Å². The largest absolute Gasteiger partial charge is 0.481 e. The molecule has 0 fully saturated rings. The van der Waals surface area contributed by atoms with Gasteiger partial charge in [0.15, 0.2) is 0 Å². The number of aliphatic carboxylic acids is 1. The predicted molar refractivity (Wildman–Crippen MR) is 36.3 cm³/mol. The van der Waals surface area contributed by atoms with Crippen LogP contribution in [0.4, 0.5) is 0 Å². The first kappa shape index (κ1) is 8.47. The predicted octanol–water partition coefficient (Wildman–Crippen LogP) is 1.75. The Hall–Kier alpha value is -0.530. The van der Waals surface area contributed by atoms with Crippen LogP contribution in [0.25, 0.3) is 0 Å². The molecule has 0 bridgehead atoms. The lowest BCUT2D eigenvalue weighted by Gasteiger charge is -2.12. The maximum absolute atomic E-state index is 10.4. The highest BCUT2D eigenvalue weighted by atomic mass is 16.4. The molecule has 2 heteroatoms. The van der Waals surface area contributed by atoms with Gasteiger partial charge in [-0.05, 0) is 12.3 Å². The quantitative estimate of drug-likeness (QED) is 0.632. The molecule has 0 amide bonds. The molecular weight excluding hydrogens is 116 g/mol. The molecule has 0 saturated heterocycles. The molecule has 2 nitrogen and oxygen atoms in total. The van der Waals surface area contributed by atoms with E-state index in [0.717, 1.165) is 6.42 Å². The van der Waals surface area contributed by atoms with E-state index >= 15 is 0 Å². The number of carbonyl (C=O) groups is 1. The minimum absolute atomic E-state index is 0.162. The summed E-state index contributed by atoms with van der Waals surface area (Å²) in [5.41, 5.74) is 0. The molecule has 1 N–H and O–H groups in total. The Kier molecular flexibility index (Phi) is 3.28. The van der Waals surface area contributed by atoms with Crippen molar-refractivity contribution in [2.45, 2.75) is 27.2 Å². The van der Waals surface area contributed by atoms with Crippen LogP contribution in [0.1, 0.15) is 27.2 Å². The number of carboxylic acids is 1. The molecule has 0 radical (unpaired) electrons. The monoisotopic (exact) mass is 130 g/mol. The topological polar surface area (TPSA) is 37.3 Å². The minimum Gasteiger partial charge on any atom is -0.481 e. The molecule has 0 saturated carbocycles. The molecule has 1 atom stereocenters. The van der Waals surface area contributed by atoms with Crippen LogP contribution in [0.15, 0.2) is 0 Å². The fourth-order valence-corrected chi connectivity index (χ4v) is 0.931. The van der Waals surface area contributed by atoms with E-state index in [1.165, 1.54) is 0 Å². The maximum atomic E-state index is 10.4. The molecule has 0 spiro atoms. The van der Waals surface area contributed by atoms with Gasteiger partial charge in [0.05, 0.1) is 5.92 Å². The molecule has 0 aromatic rings. The molecule has 0 aliphatic rings. The molecule has 9 heavy (non-hydrogen) atoms. The van der Waals surface area contributed by atoms with Crippen molar-refractivity contribution in [1.29, 1.82) is 0 Å². The van der Waals surface area contributed by atoms with Gasteiger partial charge in [-0.1, -0.05) is 20.8 Å². The van der Waals surface area contributed by atoms with E-state index in [-0.39, 0.29) is 11.8 Å². The second-order valence-corrected chi connectivity index (χ2v) is 2.60. The third kappa shape index (κ3) is 2.49. The van der Waals surface area contributed by atoms with Crippen LogP contribution in [0.3, 0.4) is 0 Å². The van der Waals surface area contributed by atoms with Crippen molar-refractivity contribution in [1.82, 2.24) is 0 Å². The Morgan fingerprint density at radius 2 is 2.00 bits per heavy atom. The van der Waals surface area contributed by atoms with Crippen LogP contribution < -0.4 is 0 Å². The van der Waals surface area contributed by atoms with Gasteiger partial charge in [-0.2, -0.15) is 0 Å². The normalized spacial score (nSPS) is 13.8. The summed E-state index contributed by atoms with van der Waals surface area (Å²) >= 11 is 0. The average molecular weight is 130 g/mol. The van der Waals surface area contributed by atoms with Crippen LogP contribution in [-0.2, 0) is 4.79 Å². The van der Waals surface area contributed by atoms with Crippen LogP contribution in [-0.4, -0.2) is 11.1 Å². The van der Waals surface area contributed by atoms with Crippen molar-refractivity contribution in [3.63, 3.8) is 0 Å². The van der Waals surface area contributed by atoms with Gasteiger partial charge in [-0.3, -0.25) is 4.79 Å². The molecule has 0 heterocycles. The Morgan fingerprint density at radius 3 is 2.00 bits per heavy atom. The number of hydrogen-bond donors (Lipinski definition) is 1. The first-order valence-electron chi connectivity index (χ1n) is 3.32. The molecule has 0 aliphatic carbocycles. The van der Waals surface area contributed by atoms with Crippen molar-refractivity contribution < 1.29 is 9.90 Å². The van der Waals surface area contributed by atoms with Crippen molar-refractivity contribution in [3.05, 3.63) is 0 Å². The van der Waals surface area contributed by atoms with Gasteiger partial charge in [-0.15, -0.1) is 0 Å². The molecule has 0 aromatic carbocycles. The summed E-state index contributed by atoms with van der Waals surface area (Å²) in [6.45, 7) is 5.77. The van der Waals surface area contributed by atoms with Crippen LogP contribution in [0, 0.1) is 11.8 Å². The van der Waals surface area contributed by atoms with Crippen LogP contribution >= 0.6 is 0 Å². The summed E-state index contributed by atoms with van der Waals surface area (Å²) < 4.78 is 0. The van der Waals surface area contributed by atoms with E-state index in [4.69, 9.17) is 5.11 Å². The summed E-state index contributed by atoms with van der Waals surface area (Å²) in [5.74, 6) is -0.579. The zero-order chi connectivity index (χ0) is 7.44. The highest BCUT2D eigenvalue weighted by molar-refractivity contribution is 5.70. The van der Waals surface area contributed by atoms with Gasteiger partial charge in [0.25, 0.3) is 0 Å². The van der Waals surface area contributed by atoms with Gasteiger partial charge < -0.3 is 5.11 Å². The number of hydrogen-bond acceptors (Lipinski definition) is 1. The summed E-state index contributed by atoms with van der Waals surface area (Å²) in [5, 5.41) is 8.54. The number of carboxylic acid groups (broad SMARTS) is 1. The summed E-state index contributed by atoms with van der Waals surface area (Å²) in [6, 6.07) is 0. The van der Waals surface area contributed by atoms with Gasteiger partial charge in [0, 0.05) is 0 Å². The third-order valence-electron chi connectivity index (χ3n) is 1.56. The lowest BCUT2D eigenvalue weighted by molar-refractivity contribution is -0.143. The number of rotatable bonds is 3. The van der Waals surface area contributed by atoms with Crippen molar-refractivity contribution in [2.24, 2.45) is 11.8 Å². The first-order chi connectivity index (χ1) is 4.09.